The highest BCUT2D eigenvalue weighted by atomic mass is 16.5. The summed E-state index contributed by atoms with van der Waals surface area (Å²) in [6.45, 7) is 4.75. The van der Waals surface area contributed by atoms with E-state index in [4.69, 9.17) is 9.84 Å². The van der Waals surface area contributed by atoms with Crippen LogP contribution in [0, 0.1) is 0 Å². The number of aliphatic hydroxyl groups excluding tert-OH is 1. The molecule has 1 aromatic carbocycles. The van der Waals surface area contributed by atoms with Gasteiger partial charge >= 0.3 is 0 Å². The Hall–Kier alpha value is -2.48. The molecule has 2 N–H and O–H groups in total. The van der Waals surface area contributed by atoms with Gasteiger partial charge in [0.05, 0.1) is 6.04 Å². The molecule has 0 spiro atoms. The van der Waals surface area contributed by atoms with E-state index in [0.29, 0.717) is 30.1 Å². The molecule has 0 radical (unpaired) electrons. The maximum absolute atomic E-state index is 11.8. The van der Waals surface area contributed by atoms with Gasteiger partial charge in [-0.3, -0.25) is 4.79 Å². The van der Waals surface area contributed by atoms with Crippen LogP contribution in [-0.2, 0) is 6.61 Å². The number of carbonyl (C=O) groups excluding carboxylic acids is 1. The van der Waals surface area contributed by atoms with Crippen LogP contribution < -0.4 is 10.1 Å². The third-order valence-corrected chi connectivity index (χ3v) is 3.15. The van der Waals surface area contributed by atoms with Gasteiger partial charge < -0.3 is 15.2 Å². The highest BCUT2D eigenvalue weighted by molar-refractivity contribution is 5.94. The Bertz CT molecular complexity index is 624. The monoisotopic (exact) mass is 319 g/mol. The van der Waals surface area contributed by atoms with Crippen LogP contribution in [0.25, 0.3) is 0 Å². The Labute approximate surface area is 134 Å². The molecule has 23 heavy (non-hydrogen) atoms. The molecule has 0 bridgehead atoms. The molecule has 0 aliphatic carbocycles. The van der Waals surface area contributed by atoms with Gasteiger partial charge in [-0.15, -0.1) is 5.10 Å². The zero-order valence-electron chi connectivity index (χ0n) is 13.3. The van der Waals surface area contributed by atoms with Crippen molar-refractivity contribution in [3.05, 3.63) is 35.7 Å². The molecule has 1 aromatic heterocycles. The quantitative estimate of drug-likeness (QED) is 0.702. The van der Waals surface area contributed by atoms with Crippen LogP contribution in [0.1, 0.15) is 42.5 Å². The van der Waals surface area contributed by atoms with Crippen LogP contribution in [-0.4, -0.2) is 44.4 Å². The van der Waals surface area contributed by atoms with Gasteiger partial charge in [-0.2, -0.15) is 0 Å². The van der Waals surface area contributed by atoms with E-state index in [2.05, 4.69) is 20.8 Å². The van der Waals surface area contributed by atoms with E-state index in [-0.39, 0.29) is 25.2 Å². The molecule has 0 saturated carbocycles. The molecule has 1 heterocycles. The highest BCUT2D eigenvalue weighted by Gasteiger charge is 2.10. The van der Waals surface area contributed by atoms with Crippen LogP contribution in [0.15, 0.2) is 24.3 Å². The molecule has 0 unspecified atom stereocenters. The SMILES string of the molecule is CC(C)n1nnnc1COc1ccc(C(=O)NCCCO)cc1. The van der Waals surface area contributed by atoms with Gasteiger partial charge in [-0.05, 0) is 55.0 Å². The van der Waals surface area contributed by atoms with E-state index in [1.54, 1.807) is 28.9 Å². The number of amides is 1. The van der Waals surface area contributed by atoms with Gasteiger partial charge in [-0.25, -0.2) is 4.68 Å². The minimum atomic E-state index is -0.172. The van der Waals surface area contributed by atoms with Crippen LogP contribution in [0.5, 0.6) is 5.75 Å². The molecule has 2 rings (SSSR count). The average molecular weight is 319 g/mol. The van der Waals surface area contributed by atoms with Gasteiger partial charge in [0.15, 0.2) is 5.82 Å². The zero-order chi connectivity index (χ0) is 16.7. The summed E-state index contributed by atoms with van der Waals surface area (Å²) in [4.78, 5) is 11.8. The predicted molar refractivity (Wildman–Crippen MR) is 83.0 cm³/mol. The fraction of sp³-hybridized carbons (Fsp3) is 0.467. The van der Waals surface area contributed by atoms with E-state index in [0.717, 1.165) is 0 Å². The van der Waals surface area contributed by atoms with E-state index < -0.39 is 0 Å². The summed E-state index contributed by atoms with van der Waals surface area (Å²) in [6.07, 6.45) is 0.539. The first-order valence-electron chi connectivity index (χ1n) is 7.50. The molecule has 2 aromatic rings. The lowest BCUT2D eigenvalue weighted by Gasteiger charge is -2.09. The Balaban J connectivity index is 1.90. The lowest BCUT2D eigenvalue weighted by Crippen LogP contribution is -2.24. The fourth-order valence-electron chi connectivity index (χ4n) is 1.94. The zero-order valence-corrected chi connectivity index (χ0v) is 13.3. The smallest absolute Gasteiger partial charge is 0.251 e. The lowest BCUT2D eigenvalue weighted by atomic mass is 10.2. The second-order valence-electron chi connectivity index (χ2n) is 5.28. The van der Waals surface area contributed by atoms with Crippen molar-refractivity contribution in [3.63, 3.8) is 0 Å². The Kier molecular flexibility index (Phi) is 6.04. The largest absolute Gasteiger partial charge is 0.486 e. The molecule has 8 nitrogen and oxygen atoms in total. The minimum Gasteiger partial charge on any atom is -0.486 e. The number of ether oxygens (including phenoxy) is 1. The minimum absolute atomic E-state index is 0.0584. The maximum atomic E-state index is 11.8. The van der Waals surface area contributed by atoms with Crippen LogP contribution in [0.3, 0.4) is 0 Å². The summed E-state index contributed by atoms with van der Waals surface area (Å²) in [5, 5.41) is 22.9. The average Bonchev–Trinajstić information content (AvgIpc) is 3.02. The van der Waals surface area contributed by atoms with Gasteiger partial charge in [0.25, 0.3) is 5.91 Å². The summed E-state index contributed by atoms with van der Waals surface area (Å²) < 4.78 is 7.34. The predicted octanol–water partition coefficient (Wildman–Crippen LogP) is 0.945. The van der Waals surface area contributed by atoms with E-state index in [1.165, 1.54) is 0 Å². The number of hydrogen-bond acceptors (Lipinski definition) is 6. The lowest BCUT2D eigenvalue weighted by molar-refractivity contribution is 0.0951. The van der Waals surface area contributed by atoms with Crippen molar-refractivity contribution in [1.82, 2.24) is 25.5 Å². The van der Waals surface area contributed by atoms with E-state index in [9.17, 15) is 4.79 Å². The van der Waals surface area contributed by atoms with Gasteiger partial charge in [-0.1, -0.05) is 0 Å². The molecule has 124 valence electrons. The number of aromatic nitrogens is 4. The van der Waals surface area contributed by atoms with Crippen molar-refractivity contribution in [1.29, 1.82) is 0 Å². The van der Waals surface area contributed by atoms with Crippen molar-refractivity contribution >= 4 is 5.91 Å². The van der Waals surface area contributed by atoms with Crippen LogP contribution in [0.4, 0.5) is 0 Å². The van der Waals surface area contributed by atoms with Crippen molar-refractivity contribution < 1.29 is 14.6 Å². The second kappa shape index (κ2) is 8.23. The molecular weight excluding hydrogens is 298 g/mol. The molecular formula is C15H21N5O3. The first-order valence-corrected chi connectivity index (χ1v) is 7.50. The third-order valence-electron chi connectivity index (χ3n) is 3.15. The number of nitrogens with zero attached hydrogens (tertiary/aromatic N) is 4. The molecule has 1 amide bonds. The first-order chi connectivity index (χ1) is 11.1. The van der Waals surface area contributed by atoms with Crippen LogP contribution in [0.2, 0.25) is 0 Å². The Morgan fingerprint density at radius 3 is 2.74 bits per heavy atom. The number of benzene rings is 1. The number of tetrazole rings is 1. The van der Waals surface area contributed by atoms with Crippen LogP contribution >= 0.6 is 0 Å². The second-order valence-corrected chi connectivity index (χ2v) is 5.28. The summed E-state index contributed by atoms with van der Waals surface area (Å²) >= 11 is 0. The fourth-order valence-corrected chi connectivity index (χ4v) is 1.94. The van der Waals surface area contributed by atoms with E-state index >= 15 is 0 Å². The molecule has 0 aliphatic heterocycles. The summed E-state index contributed by atoms with van der Waals surface area (Å²) in [5.41, 5.74) is 0.544. The molecule has 0 aliphatic rings. The normalized spacial score (nSPS) is 10.8. The molecule has 8 heteroatoms. The summed E-state index contributed by atoms with van der Waals surface area (Å²) in [6, 6.07) is 6.99. The topological polar surface area (TPSA) is 102 Å². The van der Waals surface area contributed by atoms with E-state index in [1.807, 2.05) is 13.8 Å². The molecule has 0 saturated heterocycles. The van der Waals surface area contributed by atoms with Gasteiger partial charge in [0.1, 0.15) is 12.4 Å². The van der Waals surface area contributed by atoms with Gasteiger partial charge in [0, 0.05) is 18.7 Å². The van der Waals surface area contributed by atoms with Gasteiger partial charge in [0.2, 0.25) is 0 Å². The van der Waals surface area contributed by atoms with Crippen molar-refractivity contribution in [2.75, 3.05) is 13.2 Å². The first kappa shape index (κ1) is 16.9. The standard InChI is InChI=1S/C15H21N5O3/c1-11(2)20-14(17-18-19-20)10-23-13-6-4-12(5-7-13)15(22)16-8-3-9-21/h4-7,11,21H,3,8-10H2,1-2H3,(H,16,22). The number of aliphatic hydroxyl groups is 1. The number of rotatable bonds is 8. The summed E-state index contributed by atoms with van der Waals surface area (Å²) in [5.74, 6) is 1.11. The Morgan fingerprint density at radius 1 is 1.35 bits per heavy atom. The highest BCUT2D eigenvalue weighted by Crippen LogP contribution is 2.14. The number of nitrogens with one attached hydrogen (secondary N) is 1. The van der Waals surface area contributed by atoms with Crippen molar-refractivity contribution in [2.24, 2.45) is 0 Å². The maximum Gasteiger partial charge on any atom is 0.251 e. The molecule has 0 fully saturated rings. The number of hydrogen-bond donors (Lipinski definition) is 2. The molecule has 0 atom stereocenters. The van der Waals surface area contributed by atoms with Crippen molar-refractivity contribution in [2.45, 2.75) is 32.9 Å². The summed E-state index contributed by atoms with van der Waals surface area (Å²) in [7, 11) is 0. The number of carbonyl (C=O) groups is 1. The van der Waals surface area contributed by atoms with Crippen molar-refractivity contribution in [3.8, 4) is 5.75 Å². The third kappa shape index (κ3) is 4.75. The Morgan fingerprint density at radius 2 is 2.09 bits per heavy atom.